The van der Waals surface area contributed by atoms with Crippen molar-refractivity contribution in [1.29, 1.82) is 0 Å². The Labute approximate surface area is 136 Å². The normalized spacial score (nSPS) is 21.1. The van der Waals surface area contributed by atoms with Crippen molar-refractivity contribution in [2.24, 2.45) is 0 Å². The molecule has 1 saturated heterocycles. The van der Waals surface area contributed by atoms with Crippen molar-refractivity contribution < 1.29 is 24.2 Å². The molecule has 7 heteroatoms. The Morgan fingerprint density at radius 2 is 1.91 bits per heavy atom. The first-order chi connectivity index (χ1) is 11.1. The maximum absolute atomic E-state index is 11.0. The zero-order chi connectivity index (χ0) is 16.7. The highest BCUT2D eigenvalue weighted by atomic mass is 16.6. The molecule has 7 nitrogen and oxygen atoms in total. The molecule has 0 radical (unpaired) electrons. The summed E-state index contributed by atoms with van der Waals surface area (Å²) in [5.41, 5.74) is 0.853. The highest BCUT2D eigenvalue weighted by molar-refractivity contribution is 5.48. The van der Waals surface area contributed by atoms with E-state index in [1.807, 2.05) is 13.0 Å². The molecular weight excluding hydrogens is 298 g/mol. The lowest BCUT2D eigenvalue weighted by Crippen LogP contribution is -3.27. The lowest BCUT2D eigenvalue weighted by Gasteiger charge is -2.27. The van der Waals surface area contributed by atoms with E-state index < -0.39 is 4.92 Å². The third kappa shape index (κ3) is 5.78. The summed E-state index contributed by atoms with van der Waals surface area (Å²) in [4.78, 5) is 13.8. The molecule has 0 unspecified atom stereocenters. The van der Waals surface area contributed by atoms with Gasteiger partial charge in [-0.1, -0.05) is 6.07 Å². The smallest absolute Gasteiger partial charge is 0.311 e. The van der Waals surface area contributed by atoms with Gasteiger partial charge in [-0.2, -0.15) is 0 Å². The van der Waals surface area contributed by atoms with Crippen LogP contribution in [0.1, 0.15) is 5.56 Å². The lowest BCUT2D eigenvalue weighted by atomic mass is 10.2. The standard InChI is InChI=1S/C16H25N3O4/c1-14-3-4-16(15(13-14)19(20)21)23-12-11-22-10-9-18-7-5-17(2)6-8-18/h3-4,13H,5-12H2,1-2H3/p+2. The van der Waals surface area contributed by atoms with Crippen LogP contribution in [-0.4, -0.2) is 64.5 Å². The number of hydrogen-bond donors (Lipinski definition) is 2. The van der Waals surface area contributed by atoms with Crippen LogP contribution in [0, 0.1) is 17.0 Å². The Morgan fingerprint density at radius 1 is 1.17 bits per heavy atom. The number of nitro benzene ring substituents is 1. The van der Waals surface area contributed by atoms with E-state index in [4.69, 9.17) is 9.47 Å². The number of rotatable bonds is 8. The quantitative estimate of drug-likeness (QED) is 0.355. The van der Waals surface area contributed by atoms with E-state index in [-0.39, 0.29) is 5.69 Å². The molecule has 2 rings (SSSR count). The third-order valence-electron chi connectivity index (χ3n) is 4.21. The summed E-state index contributed by atoms with van der Waals surface area (Å²) in [5, 5.41) is 11.0. The summed E-state index contributed by atoms with van der Waals surface area (Å²) in [7, 11) is 2.23. The summed E-state index contributed by atoms with van der Waals surface area (Å²) in [6, 6.07) is 4.97. The van der Waals surface area contributed by atoms with Gasteiger partial charge in [-0.25, -0.2) is 0 Å². The predicted octanol–water partition coefficient (Wildman–Crippen LogP) is -1.29. The van der Waals surface area contributed by atoms with Gasteiger partial charge in [0.15, 0.2) is 5.75 Å². The molecular formula is C16H27N3O4+2. The number of piperazine rings is 1. The van der Waals surface area contributed by atoms with Crippen LogP contribution in [0.15, 0.2) is 18.2 Å². The molecule has 0 aromatic heterocycles. The number of nitrogens with one attached hydrogen (secondary N) is 2. The van der Waals surface area contributed by atoms with E-state index in [1.54, 1.807) is 15.9 Å². The molecule has 1 aromatic rings. The summed E-state index contributed by atoms with van der Waals surface area (Å²) in [6.45, 7) is 9.14. The van der Waals surface area contributed by atoms with E-state index in [0.29, 0.717) is 25.6 Å². The number of ether oxygens (including phenoxy) is 2. The molecule has 128 valence electrons. The highest BCUT2D eigenvalue weighted by Crippen LogP contribution is 2.27. The van der Waals surface area contributed by atoms with E-state index in [0.717, 1.165) is 12.1 Å². The van der Waals surface area contributed by atoms with Crippen LogP contribution in [-0.2, 0) is 4.74 Å². The van der Waals surface area contributed by atoms with Gasteiger partial charge in [0.25, 0.3) is 0 Å². The summed E-state index contributed by atoms with van der Waals surface area (Å²) < 4.78 is 11.1. The Bertz CT molecular complexity index is 516. The largest absolute Gasteiger partial charge is 0.484 e. The van der Waals surface area contributed by atoms with Crippen molar-refractivity contribution >= 4 is 5.69 Å². The van der Waals surface area contributed by atoms with Crippen molar-refractivity contribution in [2.45, 2.75) is 6.92 Å². The van der Waals surface area contributed by atoms with Gasteiger partial charge in [-0.15, -0.1) is 0 Å². The highest BCUT2D eigenvalue weighted by Gasteiger charge is 2.19. The molecule has 0 atom stereocenters. The van der Waals surface area contributed by atoms with Gasteiger partial charge in [0, 0.05) is 6.07 Å². The fraction of sp³-hybridized carbons (Fsp3) is 0.625. The Kier molecular flexibility index (Phi) is 6.76. The number of nitrogens with zero attached hydrogens (tertiary/aromatic N) is 1. The average Bonchev–Trinajstić information content (AvgIpc) is 2.53. The van der Waals surface area contributed by atoms with Crippen LogP contribution in [0.25, 0.3) is 0 Å². The Balaban J connectivity index is 1.63. The minimum Gasteiger partial charge on any atom is -0.484 e. The molecule has 1 aliphatic rings. The SMILES string of the molecule is Cc1ccc(OCCOCC[NH+]2CC[NH+](C)CC2)c([N+](=O)[O-])c1. The summed E-state index contributed by atoms with van der Waals surface area (Å²) in [6.07, 6.45) is 0. The topological polar surface area (TPSA) is 70.5 Å². The second-order valence-electron chi connectivity index (χ2n) is 6.15. The number of quaternary nitrogens is 2. The van der Waals surface area contributed by atoms with Gasteiger partial charge in [0.1, 0.15) is 39.3 Å². The molecule has 0 saturated carbocycles. The second kappa shape index (κ2) is 8.81. The third-order valence-corrected chi connectivity index (χ3v) is 4.21. The molecule has 0 amide bonds. The lowest BCUT2D eigenvalue weighted by molar-refractivity contribution is -1.00. The summed E-state index contributed by atoms with van der Waals surface area (Å²) >= 11 is 0. The number of hydrogen-bond acceptors (Lipinski definition) is 4. The molecule has 0 spiro atoms. The van der Waals surface area contributed by atoms with Crippen LogP contribution in [0.2, 0.25) is 0 Å². The molecule has 1 heterocycles. The first-order valence-corrected chi connectivity index (χ1v) is 8.16. The van der Waals surface area contributed by atoms with Crippen molar-refractivity contribution in [3.63, 3.8) is 0 Å². The molecule has 0 aliphatic carbocycles. The van der Waals surface area contributed by atoms with Crippen LogP contribution >= 0.6 is 0 Å². The number of benzene rings is 1. The van der Waals surface area contributed by atoms with Crippen molar-refractivity contribution in [1.82, 2.24) is 0 Å². The number of aryl methyl sites for hydroxylation is 1. The van der Waals surface area contributed by atoms with E-state index >= 15 is 0 Å². The molecule has 1 fully saturated rings. The van der Waals surface area contributed by atoms with E-state index in [1.165, 1.54) is 32.2 Å². The van der Waals surface area contributed by atoms with Crippen molar-refractivity contribution in [2.75, 3.05) is 59.6 Å². The van der Waals surface area contributed by atoms with Crippen molar-refractivity contribution in [3.8, 4) is 5.75 Å². The fourth-order valence-corrected chi connectivity index (χ4v) is 2.70. The molecule has 23 heavy (non-hydrogen) atoms. The van der Waals surface area contributed by atoms with Crippen LogP contribution < -0.4 is 14.5 Å². The van der Waals surface area contributed by atoms with Crippen LogP contribution in [0.5, 0.6) is 5.75 Å². The van der Waals surface area contributed by atoms with Crippen LogP contribution in [0.3, 0.4) is 0 Å². The monoisotopic (exact) mass is 325 g/mol. The maximum atomic E-state index is 11.0. The molecule has 2 N–H and O–H groups in total. The first kappa shape index (κ1) is 17.7. The molecule has 1 aliphatic heterocycles. The fourth-order valence-electron chi connectivity index (χ4n) is 2.70. The minimum atomic E-state index is -0.415. The zero-order valence-electron chi connectivity index (χ0n) is 14.0. The average molecular weight is 325 g/mol. The maximum Gasteiger partial charge on any atom is 0.311 e. The van der Waals surface area contributed by atoms with E-state index in [2.05, 4.69) is 7.05 Å². The van der Waals surface area contributed by atoms with Gasteiger partial charge in [-0.05, 0) is 18.6 Å². The van der Waals surface area contributed by atoms with E-state index in [9.17, 15) is 10.1 Å². The van der Waals surface area contributed by atoms with Gasteiger partial charge in [-0.3, -0.25) is 10.1 Å². The van der Waals surface area contributed by atoms with Gasteiger partial charge in [0.05, 0.1) is 25.2 Å². The number of likely N-dealkylation sites (N-methyl/N-ethyl adjacent to an activating group) is 1. The second-order valence-corrected chi connectivity index (χ2v) is 6.15. The summed E-state index contributed by atoms with van der Waals surface area (Å²) in [5.74, 6) is 0.303. The zero-order valence-corrected chi connectivity index (χ0v) is 14.0. The number of nitro groups is 1. The predicted molar refractivity (Wildman–Crippen MR) is 86.3 cm³/mol. The Hall–Kier alpha value is -1.70. The molecule has 1 aromatic carbocycles. The Morgan fingerprint density at radius 3 is 2.61 bits per heavy atom. The molecule has 0 bridgehead atoms. The van der Waals surface area contributed by atoms with Crippen molar-refractivity contribution in [3.05, 3.63) is 33.9 Å². The minimum absolute atomic E-state index is 0.00869. The van der Waals surface area contributed by atoms with Gasteiger partial charge < -0.3 is 19.3 Å². The van der Waals surface area contributed by atoms with Crippen LogP contribution in [0.4, 0.5) is 5.69 Å². The van der Waals surface area contributed by atoms with Gasteiger partial charge in [0.2, 0.25) is 0 Å². The first-order valence-electron chi connectivity index (χ1n) is 8.16. The van der Waals surface area contributed by atoms with Gasteiger partial charge >= 0.3 is 5.69 Å².